The zero-order chi connectivity index (χ0) is 20.3. The minimum Gasteiger partial charge on any atom is -0.337 e. The van der Waals surface area contributed by atoms with Gasteiger partial charge in [-0.15, -0.1) is 0 Å². The Morgan fingerprint density at radius 1 is 1.25 bits per heavy atom. The molecule has 0 N–H and O–H groups in total. The van der Waals surface area contributed by atoms with Crippen LogP contribution in [0, 0.1) is 5.92 Å². The number of aromatic nitrogens is 2. The third-order valence-electron chi connectivity index (χ3n) is 4.77. The van der Waals surface area contributed by atoms with Crippen LogP contribution in [0.3, 0.4) is 0 Å². The van der Waals surface area contributed by atoms with Crippen LogP contribution in [0.25, 0.3) is 11.4 Å². The van der Waals surface area contributed by atoms with Gasteiger partial charge in [-0.3, -0.25) is 4.79 Å². The second-order valence-electron chi connectivity index (χ2n) is 7.06. The van der Waals surface area contributed by atoms with Gasteiger partial charge in [-0.25, -0.2) is 0 Å². The smallest absolute Gasteiger partial charge is 0.281 e. The average Bonchev–Trinajstić information content (AvgIpc) is 3.16. The molecule has 1 amide bonds. The number of benzene rings is 1. The van der Waals surface area contributed by atoms with Gasteiger partial charge < -0.3 is 9.42 Å². The van der Waals surface area contributed by atoms with E-state index in [2.05, 4.69) is 10.1 Å². The topological polar surface area (TPSA) is 99.9 Å². The lowest BCUT2D eigenvalue weighted by atomic mass is 9.98. The molecule has 28 heavy (non-hydrogen) atoms. The van der Waals surface area contributed by atoms with E-state index in [0.717, 1.165) is 5.56 Å². The summed E-state index contributed by atoms with van der Waals surface area (Å²) in [6.07, 6.45) is 1.30. The predicted molar refractivity (Wildman–Crippen MR) is 103 cm³/mol. The highest BCUT2D eigenvalue weighted by Gasteiger charge is 2.34. The maximum absolute atomic E-state index is 12.8. The maximum Gasteiger partial charge on any atom is 0.281 e. The van der Waals surface area contributed by atoms with Crippen LogP contribution >= 0.6 is 0 Å². The van der Waals surface area contributed by atoms with Crippen LogP contribution in [0.2, 0.25) is 0 Å². The van der Waals surface area contributed by atoms with Crippen molar-refractivity contribution < 1.29 is 17.7 Å². The van der Waals surface area contributed by atoms with Crippen LogP contribution in [-0.4, -0.2) is 72.2 Å². The Morgan fingerprint density at radius 3 is 2.64 bits per heavy atom. The standard InChI is InChI=1S/C18H25N5O4S/c1-21(2)28(25,26)23-11-7-10-15(12-23)18(24)22(3)13-16-19-17(20-27-16)14-8-5-4-6-9-14/h4-6,8-9,15H,7,10-13H2,1-3H3/t15-/m1/s1. The first-order valence-electron chi connectivity index (χ1n) is 9.09. The quantitative estimate of drug-likeness (QED) is 0.714. The van der Waals surface area contributed by atoms with Gasteiger partial charge in [-0.2, -0.15) is 22.0 Å². The molecule has 1 aliphatic heterocycles. The molecular formula is C18H25N5O4S. The van der Waals surface area contributed by atoms with Gasteiger partial charge in [0.15, 0.2) is 0 Å². The van der Waals surface area contributed by atoms with Gasteiger partial charge >= 0.3 is 0 Å². The molecule has 1 aromatic carbocycles. The molecule has 1 aromatic heterocycles. The Labute approximate surface area is 165 Å². The Kier molecular flexibility index (Phi) is 6.11. The van der Waals surface area contributed by atoms with Crippen LogP contribution in [0.1, 0.15) is 18.7 Å². The van der Waals surface area contributed by atoms with E-state index in [0.29, 0.717) is 31.1 Å². The molecule has 0 saturated carbocycles. The van der Waals surface area contributed by atoms with Crippen molar-refractivity contribution >= 4 is 16.1 Å². The van der Waals surface area contributed by atoms with Crippen LogP contribution < -0.4 is 0 Å². The molecule has 2 heterocycles. The highest BCUT2D eigenvalue weighted by atomic mass is 32.2. The molecule has 152 valence electrons. The molecular weight excluding hydrogens is 382 g/mol. The molecule has 2 aromatic rings. The second kappa shape index (κ2) is 8.38. The summed E-state index contributed by atoms with van der Waals surface area (Å²) in [4.78, 5) is 18.7. The molecule has 10 heteroatoms. The van der Waals surface area contributed by atoms with Crippen molar-refractivity contribution in [3.63, 3.8) is 0 Å². The first kappa shape index (κ1) is 20.4. The van der Waals surface area contributed by atoms with Crippen molar-refractivity contribution in [3.05, 3.63) is 36.2 Å². The van der Waals surface area contributed by atoms with E-state index < -0.39 is 10.2 Å². The molecule has 0 unspecified atom stereocenters. The number of nitrogens with zero attached hydrogens (tertiary/aromatic N) is 5. The molecule has 0 spiro atoms. The van der Waals surface area contributed by atoms with Crippen LogP contribution in [0.5, 0.6) is 0 Å². The Bertz CT molecular complexity index is 913. The number of piperidine rings is 1. The summed E-state index contributed by atoms with van der Waals surface area (Å²) in [5.41, 5.74) is 0.836. The fourth-order valence-electron chi connectivity index (χ4n) is 3.20. The predicted octanol–water partition coefficient (Wildman–Crippen LogP) is 1.21. The minimum absolute atomic E-state index is 0.127. The van der Waals surface area contributed by atoms with Gasteiger partial charge in [0, 0.05) is 39.8 Å². The van der Waals surface area contributed by atoms with Gasteiger partial charge in [0.25, 0.3) is 10.2 Å². The summed E-state index contributed by atoms with van der Waals surface area (Å²) in [5, 5.41) is 3.96. The van der Waals surface area contributed by atoms with E-state index in [1.807, 2.05) is 30.3 Å². The summed E-state index contributed by atoms with van der Waals surface area (Å²) >= 11 is 0. The van der Waals surface area contributed by atoms with Crippen molar-refractivity contribution in [2.24, 2.45) is 5.92 Å². The molecule has 0 radical (unpaired) electrons. The van der Waals surface area contributed by atoms with E-state index >= 15 is 0 Å². The van der Waals surface area contributed by atoms with Gasteiger partial charge in [-0.05, 0) is 12.8 Å². The summed E-state index contributed by atoms with van der Waals surface area (Å²) in [6, 6.07) is 9.44. The number of carbonyl (C=O) groups is 1. The van der Waals surface area contributed by atoms with Crippen molar-refractivity contribution in [1.82, 2.24) is 23.7 Å². The fraction of sp³-hybridized carbons (Fsp3) is 0.500. The largest absolute Gasteiger partial charge is 0.337 e. The molecule has 1 atom stereocenters. The highest BCUT2D eigenvalue weighted by Crippen LogP contribution is 2.22. The molecule has 9 nitrogen and oxygen atoms in total. The van der Waals surface area contributed by atoms with Crippen LogP contribution in [0.4, 0.5) is 0 Å². The lowest BCUT2D eigenvalue weighted by Gasteiger charge is -2.34. The highest BCUT2D eigenvalue weighted by molar-refractivity contribution is 7.86. The van der Waals surface area contributed by atoms with Gasteiger partial charge in [0.1, 0.15) is 0 Å². The normalized spacial score (nSPS) is 18.4. The SMILES string of the molecule is CN(Cc1nc(-c2ccccc2)no1)C(=O)[C@@H]1CCCN(S(=O)(=O)N(C)C)C1. The van der Waals surface area contributed by atoms with E-state index in [-0.39, 0.29) is 24.9 Å². The summed E-state index contributed by atoms with van der Waals surface area (Å²) in [5.74, 6) is 0.295. The molecule has 3 rings (SSSR count). The van der Waals surface area contributed by atoms with E-state index in [1.165, 1.54) is 27.6 Å². The van der Waals surface area contributed by atoms with Gasteiger partial charge in [0.05, 0.1) is 12.5 Å². The van der Waals surface area contributed by atoms with Crippen molar-refractivity contribution in [2.45, 2.75) is 19.4 Å². The number of amides is 1. The molecule has 1 aliphatic rings. The zero-order valence-electron chi connectivity index (χ0n) is 16.3. The summed E-state index contributed by atoms with van der Waals surface area (Å²) in [7, 11) is 1.12. The third-order valence-corrected chi connectivity index (χ3v) is 6.68. The van der Waals surface area contributed by atoms with E-state index in [1.54, 1.807) is 7.05 Å². The van der Waals surface area contributed by atoms with Crippen molar-refractivity contribution in [2.75, 3.05) is 34.2 Å². The van der Waals surface area contributed by atoms with Gasteiger partial charge in [0.2, 0.25) is 17.6 Å². The van der Waals surface area contributed by atoms with Crippen molar-refractivity contribution in [1.29, 1.82) is 0 Å². The number of hydrogen-bond donors (Lipinski definition) is 0. The lowest BCUT2D eigenvalue weighted by Crippen LogP contribution is -2.49. The first-order valence-corrected chi connectivity index (χ1v) is 10.5. The van der Waals surface area contributed by atoms with Gasteiger partial charge in [-0.1, -0.05) is 35.5 Å². The third kappa shape index (κ3) is 4.40. The Balaban J connectivity index is 1.64. The van der Waals surface area contributed by atoms with Crippen LogP contribution in [-0.2, 0) is 21.5 Å². The Morgan fingerprint density at radius 2 is 1.96 bits per heavy atom. The number of hydrogen-bond acceptors (Lipinski definition) is 6. The van der Waals surface area contributed by atoms with E-state index in [4.69, 9.17) is 4.52 Å². The monoisotopic (exact) mass is 407 g/mol. The van der Waals surface area contributed by atoms with Crippen LogP contribution in [0.15, 0.2) is 34.9 Å². The first-order chi connectivity index (χ1) is 13.3. The molecule has 0 bridgehead atoms. The average molecular weight is 407 g/mol. The number of carbonyl (C=O) groups excluding carboxylic acids is 1. The lowest BCUT2D eigenvalue weighted by molar-refractivity contribution is -0.136. The molecule has 1 fully saturated rings. The minimum atomic E-state index is -3.52. The summed E-state index contributed by atoms with van der Waals surface area (Å²) in [6.45, 7) is 0.788. The maximum atomic E-state index is 12.8. The molecule has 1 saturated heterocycles. The molecule has 0 aliphatic carbocycles. The van der Waals surface area contributed by atoms with Crippen molar-refractivity contribution in [3.8, 4) is 11.4 Å². The number of rotatable bonds is 6. The Hall–Kier alpha value is -2.30. The summed E-state index contributed by atoms with van der Waals surface area (Å²) < 4.78 is 32.5. The fourth-order valence-corrected chi connectivity index (χ4v) is 4.39. The van der Waals surface area contributed by atoms with E-state index in [9.17, 15) is 13.2 Å². The second-order valence-corrected chi connectivity index (χ2v) is 9.20. The zero-order valence-corrected chi connectivity index (χ0v) is 17.1.